The molecule has 1 aromatic rings. The van der Waals surface area contributed by atoms with Crippen LogP contribution in [-0.2, 0) is 17.6 Å². The number of rotatable bonds is 7. The van der Waals surface area contributed by atoms with E-state index in [0.717, 1.165) is 19.3 Å². The maximum Gasteiger partial charge on any atom is 0.138 e. The molecular weight excluding hydrogens is 206 g/mol. The normalized spacial score (nSPS) is 10.5. The Labute approximate surface area is 95.5 Å². The van der Waals surface area contributed by atoms with Crippen LogP contribution in [0, 0.1) is 0 Å². The van der Waals surface area contributed by atoms with Gasteiger partial charge < -0.3 is 5.73 Å². The number of unbranched alkanes of at least 4 members (excludes halogenated alkanes) is 1. The van der Waals surface area contributed by atoms with Crippen molar-refractivity contribution in [2.75, 3.05) is 6.54 Å². The van der Waals surface area contributed by atoms with E-state index in [2.05, 4.69) is 19.1 Å². The maximum absolute atomic E-state index is 11.6. The van der Waals surface area contributed by atoms with Crippen LogP contribution in [0.4, 0.5) is 0 Å². The second kappa shape index (κ2) is 6.75. The molecule has 0 aliphatic carbocycles. The standard InChI is InChI=1S/C12H19NOS/c1-2-11-6-7-12(15-11)9-10(14)5-3-4-8-13/h6-7H,2-5,8-9,13H2,1H3. The summed E-state index contributed by atoms with van der Waals surface area (Å²) in [5.41, 5.74) is 5.38. The minimum absolute atomic E-state index is 0.341. The van der Waals surface area contributed by atoms with Gasteiger partial charge in [0.05, 0.1) is 0 Å². The molecule has 0 radical (unpaired) electrons. The van der Waals surface area contributed by atoms with Gasteiger partial charge in [0.25, 0.3) is 0 Å². The van der Waals surface area contributed by atoms with Crippen LogP contribution in [0.25, 0.3) is 0 Å². The Hall–Kier alpha value is -0.670. The summed E-state index contributed by atoms with van der Waals surface area (Å²) >= 11 is 1.75. The second-order valence-electron chi connectivity index (χ2n) is 3.68. The van der Waals surface area contributed by atoms with E-state index in [1.807, 2.05) is 0 Å². The van der Waals surface area contributed by atoms with E-state index in [-0.39, 0.29) is 0 Å². The molecule has 0 spiro atoms. The average Bonchev–Trinajstić information content (AvgIpc) is 2.66. The molecule has 0 saturated carbocycles. The average molecular weight is 225 g/mol. The lowest BCUT2D eigenvalue weighted by atomic mass is 10.1. The zero-order valence-corrected chi connectivity index (χ0v) is 10.1. The van der Waals surface area contributed by atoms with Crippen LogP contribution in [0.5, 0.6) is 0 Å². The number of thiophene rings is 1. The lowest BCUT2D eigenvalue weighted by Gasteiger charge is -1.97. The molecule has 1 rings (SSSR count). The van der Waals surface area contributed by atoms with E-state index in [0.29, 0.717) is 25.2 Å². The smallest absolute Gasteiger partial charge is 0.138 e. The van der Waals surface area contributed by atoms with Crippen molar-refractivity contribution in [2.45, 2.75) is 39.0 Å². The molecule has 0 aromatic carbocycles. The van der Waals surface area contributed by atoms with Gasteiger partial charge in [-0.1, -0.05) is 6.92 Å². The lowest BCUT2D eigenvalue weighted by Crippen LogP contribution is -2.04. The van der Waals surface area contributed by atoms with Gasteiger partial charge in [-0.15, -0.1) is 11.3 Å². The SMILES string of the molecule is CCc1ccc(CC(=O)CCCCN)s1. The largest absolute Gasteiger partial charge is 0.330 e. The van der Waals surface area contributed by atoms with E-state index < -0.39 is 0 Å². The minimum atomic E-state index is 0.341. The van der Waals surface area contributed by atoms with E-state index in [9.17, 15) is 4.79 Å². The van der Waals surface area contributed by atoms with Crippen molar-refractivity contribution < 1.29 is 4.79 Å². The maximum atomic E-state index is 11.6. The van der Waals surface area contributed by atoms with Crippen LogP contribution < -0.4 is 5.73 Å². The molecule has 1 heterocycles. The van der Waals surface area contributed by atoms with Gasteiger partial charge in [-0.3, -0.25) is 4.79 Å². The van der Waals surface area contributed by atoms with Gasteiger partial charge in [-0.05, 0) is 37.9 Å². The topological polar surface area (TPSA) is 43.1 Å². The third-order valence-corrected chi connectivity index (χ3v) is 3.58. The summed E-state index contributed by atoms with van der Waals surface area (Å²) in [6, 6.07) is 4.19. The van der Waals surface area contributed by atoms with E-state index >= 15 is 0 Å². The van der Waals surface area contributed by atoms with Crippen LogP contribution in [0.2, 0.25) is 0 Å². The molecule has 0 unspecified atom stereocenters. The molecule has 0 aliphatic rings. The predicted octanol–water partition coefficient (Wildman–Crippen LogP) is 2.55. The summed E-state index contributed by atoms with van der Waals surface area (Å²) in [5, 5.41) is 0. The van der Waals surface area contributed by atoms with E-state index in [1.165, 1.54) is 9.75 Å². The van der Waals surface area contributed by atoms with Gasteiger partial charge >= 0.3 is 0 Å². The number of carbonyl (C=O) groups is 1. The van der Waals surface area contributed by atoms with Crippen LogP contribution in [0.15, 0.2) is 12.1 Å². The molecule has 3 heteroatoms. The molecule has 0 bridgehead atoms. The Balaban J connectivity index is 2.31. The van der Waals surface area contributed by atoms with E-state index in [4.69, 9.17) is 5.73 Å². The zero-order chi connectivity index (χ0) is 11.1. The summed E-state index contributed by atoms with van der Waals surface area (Å²) in [7, 11) is 0. The van der Waals surface area contributed by atoms with Gasteiger partial charge in [0.1, 0.15) is 5.78 Å². The first kappa shape index (κ1) is 12.4. The number of hydrogen-bond acceptors (Lipinski definition) is 3. The van der Waals surface area contributed by atoms with Crippen molar-refractivity contribution in [2.24, 2.45) is 5.73 Å². The summed E-state index contributed by atoms with van der Waals surface area (Å²) in [6.45, 7) is 2.82. The Kier molecular flexibility index (Phi) is 5.58. The Bertz CT molecular complexity index is 306. The van der Waals surface area contributed by atoms with E-state index in [1.54, 1.807) is 11.3 Å². The van der Waals surface area contributed by atoms with Crippen molar-refractivity contribution in [1.82, 2.24) is 0 Å². The summed E-state index contributed by atoms with van der Waals surface area (Å²) < 4.78 is 0. The second-order valence-corrected chi connectivity index (χ2v) is 4.94. The summed E-state index contributed by atoms with van der Waals surface area (Å²) in [5.74, 6) is 0.341. The number of aryl methyl sites for hydroxylation is 1. The van der Waals surface area contributed by atoms with Crippen LogP contribution >= 0.6 is 11.3 Å². The van der Waals surface area contributed by atoms with Gasteiger partial charge in [0.2, 0.25) is 0 Å². The Morgan fingerprint density at radius 2 is 2.07 bits per heavy atom. The van der Waals surface area contributed by atoms with Crippen LogP contribution in [0.1, 0.15) is 35.9 Å². The molecule has 84 valence electrons. The quantitative estimate of drug-likeness (QED) is 0.725. The van der Waals surface area contributed by atoms with Gasteiger partial charge in [-0.25, -0.2) is 0 Å². The molecule has 1 aromatic heterocycles. The number of carbonyl (C=O) groups excluding carboxylic acids is 1. The minimum Gasteiger partial charge on any atom is -0.330 e. The first-order chi connectivity index (χ1) is 7.26. The van der Waals surface area contributed by atoms with Crippen LogP contribution in [-0.4, -0.2) is 12.3 Å². The zero-order valence-electron chi connectivity index (χ0n) is 9.29. The fourth-order valence-electron chi connectivity index (χ4n) is 1.46. The molecular formula is C12H19NOS. The van der Waals surface area contributed by atoms with Crippen molar-refractivity contribution in [1.29, 1.82) is 0 Å². The van der Waals surface area contributed by atoms with Gasteiger partial charge in [0.15, 0.2) is 0 Å². The number of hydrogen-bond donors (Lipinski definition) is 1. The fraction of sp³-hybridized carbons (Fsp3) is 0.583. The van der Waals surface area contributed by atoms with Crippen molar-refractivity contribution in [3.8, 4) is 0 Å². The monoisotopic (exact) mass is 225 g/mol. The summed E-state index contributed by atoms with van der Waals surface area (Å²) in [6.07, 6.45) is 4.23. The highest BCUT2D eigenvalue weighted by Gasteiger charge is 2.05. The molecule has 0 amide bonds. The van der Waals surface area contributed by atoms with Crippen molar-refractivity contribution >= 4 is 17.1 Å². The highest BCUT2D eigenvalue weighted by molar-refractivity contribution is 7.12. The molecule has 0 saturated heterocycles. The molecule has 15 heavy (non-hydrogen) atoms. The predicted molar refractivity (Wildman–Crippen MR) is 65.3 cm³/mol. The molecule has 0 aliphatic heterocycles. The Morgan fingerprint density at radius 3 is 2.67 bits per heavy atom. The highest BCUT2D eigenvalue weighted by Crippen LogP contribution is 2.18. The third-order valence-electron chi connectivity index (χ3n) is 2.35. The molecule has 2 nitrogen and oxygen atoms in total. The highest BCUT2D eigenvalue weighted by atomic mass is 32.1. The first-order valence-electron chi connectivity index (χ1n) is 5.55. The third kappa shape index (κ3) is 4.58. The van der Waals surface area contributed by atoms with Gasteiger partial charge in [0, 0.05) is 22.6 Å². The number of ketones is 1. The lowest BCUT2D eigenvalue weighted by molar-refractivity contribution is -0.118. The Morgan fingerprint density at radius 1 is 1.33 bits per heavy atom. The van der Waals surface area contributed by atoms with Crippen LogP contribution in [0.3, 0.4) is 0 Å². The summed E-state index contributed by atoms with van der Waals surface area (Å²) in [4.78, 5) is 14.1. The van der Waals surface area contributed by atoms with Crippen molar-refractivity contribution in [3.05, 3.63) is 21.9 Å². The van der Waals surface area contributed by atoms with Crippen molar-refractivity contribution in [3.63, 3.8) is 0 Å². The number of Topliss-reactive ketones (excluding diaryl/α,β-unsaturated/α-hetero) is 1. The molecule has 0 fully saturated rings. The first-order valence-corrected chi connectivity index (χ1v) is 6.37. The number of nitrogens with two attached hydrogens (primary N) is 1. The fourth-order valence-corrected chi connectivity index (χ4v) is 2.44. The van der Waals surface area contributed by atoms with Gasteiger partial charge in [-0.2, -0.15) is 0 Å². The molecule has 0 atom stereocenters. The molecule has 2 N–H and O–H groups in total.